The smallest absolute Gasteiger partial charge is 0.127 e. The molecule has 0 aromatic heterocycles. The van der Waals surface area contributed by atoms with Crippen molar-refractivity contribution in [2.45, 2.75) is 97.2 Å². The van der Waals surface area contributed by atoms with Crippen LogP contribution in [0.25, 0.3) is 6.08 Å². The molecule has 0 N–H and O–H groups in total. The van der Waals surface area contributed by atoms with Crippen molar-refractivity contribution >= 4 is 6.08 Å². The summed E-state index contributed by atoms with van der Waals surface area (Å²) in [6.45, 7) is 6.69. The minimum atomic E-state index is 0.155. The molecule has 2 fully saturated rings. The van der Waals surface area contributed by atoms with Crippen LogP contribution in [0.5, 0.6) is 11.5 Å². The lowest BCUT2D eigenvalue weighted by Crippen LogP contribution is -2.21. The van der Waals surface area contributed by atoms with Crippen LogP contribution in [0, 0.1) is 5.41 Å². The normalized spacial score (nSPS) is 20.4. The van der Waals surface area contributed by atoms with Crippen LogP contribution >= 0.6 is 0 Å². The van der Waals surface area contributed by atoms with E-state index in [0.29, 0.717) is 12.2 Å². The van der Waals surface area contributed by atoms with E-state index in [4.69, 9.17) is 9.47 Å². The first-order valence-electron chi connectivity index (χ1n) is 10.7. The topological polar surface area (TPSA) is 18.5 Å². The van der Waals surface area contributed by atoms with Crippen molar-refractivity contribution in [1.82, 2.24) is 0 Å². The molecule has 0 aliphatic heterocycles. The Hall–Kier alpha value is -1.44. The quantitative estimate of drug-likeness (QED) is 0.557. The van der Waals surface area contributed by atoms with Crippen molar-refractivity contribution in [2.75, 3.05) is 0 Å². The second-order valence-electron chi connectivity index (χ2n) is 9.15. The maximum absolute atomic E-state index is 6.39. The summed E-state index contributed by atoms with van der Waals surface area (Å²) in [5.74, 6) is 2.00. The largest absolute Gasteiger partial charge is 0.490 e. The Labute approximate surface area is 160 Å². The van der Waals surface area contributed by atoms with Crippen molar-refractivity contribution < 1.29 is 9.47 Å². The van der Waals surface area contributed by atoms with Gasteiger partial charge in [-0.25, -0.2) is 0 Å². The Bertz CT molecular complexity index is 585. The summed E-state index contributed by atoms with van der Waals surface area (Å²) in [4.78, 5) is 0. The highest BCUT2D eigenvalue weighted by Crippen LogP contribution is 2.32. The molecule has 0 bridgehead atoms. The van der Waals surface area contributed by atoms with Crippen molar-refractivity contribution in [2.24, 2.45) is 5.41 Å². The van der Waals surface area contributed by atoms with E-state index in [1.165, 1.54) is 64.2 Å². The van der Waals surface area contributed by atoms with E-state index in [1.54, 1.807) is 0 Å². The van der Waals surface area contributed by atoms with Crippen LogP contribution in [0.2, 0.25) is 0 Å². The van der Waals surface area contributed by atoms with E-state index < -0.39 is 0 Å². The minimum absolute atomic E-state index is 0.155. The highest BCUT2D eigenvalue weighted by Gasteiger charge is 2.18. The average Bonchev–Trinajstić information content (AvgIpc) is 2.63. The van der Waals surface area contributed by atoms with Crippen LogP contribution in [-0.2, 0) is 0 Å². The summed E-state index contributed by atoms with van der Waals surface area (Å²) >= 11 is 0. The molecule has 26 heavy (non-hydrogen) atoms. The van der Waals surface area contributed by atoms with Crippen molar-refractivity contribution in [3.8, 4) is 11.5 Å². The Morgan fingerprint density at radius 2 is 1.38 bits per heavy atom. The van der Waals surface area contributed by atoms with E-state index >= 15 is 0 Å². The maximum atomic E-state index is 6.39. The predicted molar refractivity (Wildman–Crippen MR) is 110 cm³/mol. The van der Waals surface area contributed by atoms with Gasteiger partial charge in [0, 0.05) is 5.56 Å². The van der Waals surface area contributed by atoms with Gasteiger partial charge in [-0.3, -0.25) is 0 Å². The summed E-state index contributed by atoms with van der Waals surface area (Å²) in [5, 5.41) is 0. The van der Waals surface area contributed by atoms with E-state index in [1.807, 2.05) is 0 Å². The number of allylic oxidation sites excluding steroid dienone is 1. The number of rotatable bonds is 5. The lowest BCUT2D eigenvalue weighted by Gasteiger charge is -2.25. The van der Waals surface area contributed by atoms with Gasteiger partial charge in [-0.15, -0.1) is 0 Å². The molecule has 2 nitrogen and oxygen atoms in total. The second kappa shape index (κ2) is 8.97. The third-order valence-corrected chi connectivity index (χ3v) is 5.44. The standard InChI is InChI=1S/C24H36O2/c1-24(2,3)17-16-19-18-22(25-20-10-6-4-7-11-20)14-15-23(19)26-21-12-8-5-9-13-21/h14-18,20-21H,4-13H2,1-3H3/b17-16+. The van der Waals surface area contributed by atoms with Crippen LogP contribution in [-0.4, -0.2) is 12.2 Å². The average molecular weight is 357 g/mol. The van der Waals surface area contributed by atoms with Gasteiger partial charge < -0.3 is 9.47 Å². The molecule has 1 aromatic carbocycles. The molecule has 0 amide bonds. The molecular weight excluding hydrogens is 320 g/mol. The highest BCUT2D eigenvalue weighted by molar-refractivity contribution is 5.60. The van der Waals surface area contributed by atoms with Crippen LogP contribution < -0.4 is 9.47 Å². The highest BCUT2D eigenvalue weighted by atomic mass is 16.5. The van der Waals surface area contributed by atoms with Crippen LogP contribution in [0.1, 0.15) is 90.5 Å². The fourth-order valence-electron chi connectivity index (χ4n) is 3.92. The molecule has 0 atom stereocenters. The lowest BCUT2D eigenvalue weighted by atomic mass is 9.95. The molecule has 0 radical (unpaired) electrons. The van der Waals surface area contributed by atoms with Crippen molar-refractivity contribution in [3.63, 3.8) is 0 Å². The zero-order valence-corrected chi connectivity index (χ0v) is 16.9. The van der Waals surface area contributed by atoms with Crippen molar-refractivity contribution in [1.29, 1.82) is 0 Å². The van der Waals surface area contributed by atoms with Crippen LogP contribution in [0.3, 0.4) is 0 Å². The van der Waals surface area contributed by atoms with E-state index in [-0.39, 0.29) is 5.41 Å². The monoisotopic (exact) mass is 356 g/mol. The maximum Gasteiger partial charge on any atom is 0.127 e. The van der Waals surface area contributed by atoms with E-state index in [0.717, 1.165) is 17.1 Å². The first-order valence-corrected chi connectivity index (χ1v) is 10.7. The van der Waals surface area contributed by atoms with Gasteiger partial charge in [0.05, 0.1) is 12.2 Å². The number of ether oxygens (including phenoxy) is 2. The Balaban J connectivity index is 1.76. The molecule has 0 unspecified atom stereocenters. The van der Waals surface area contributed by atoms with Gasteiger partial charge in [0.1, 0.15) is 11.5 Å². The van der Waals surface area contributed by atoms with E-state index in [2.05, 4.69) is 51.1 Å². The van der Waals surface area contributed by atoms with E-state index in [9.17, 15) is 0 Å². The molecule has 144 valence electrons. The summed E-state index contributed by atoms with van der Waals surface area (Å²) in [6, 6.07) is 6.39. The van der Waals surface area contributed by atoms with Gasteiger partial charge in [-0.05, 0) is 75.0 Å². The third kappa shape index (κ3) is 6.07. The number of hydrogen-bond acceptors (Lipinski definition) is 2. The second-order valence-corrected chi connectivity index (χ2v) is 9.15. The van der Waals surface area contributed by atoms with Gasteiger partial charge in [-0.1, -0.05) is 45.8 Å². The molecule has 2 aliphatic rings. The Morgan fingerprint density at radius 3 is 1.96 bits per heavy atom. The number of hydrogen-bond donors (Lipinski definition) is 0. The molecule has 2 saturated carbocycles. The fraction of sp³-hybridized carbons (Fsp3) is 0.667. The van der Waals surface area contributed by atoms with Gasteiger partial charge >= 0.3 is 0 Å². The van der Waals surface area contributed by atoms with Gasteiger partial charge in [0.25, 0.3) is 0 Å². The third-order valence-electron chi connectivity index (χ3n) is 5.44. The Kier molecular flexibility index (Phi) is 6.67. The van der Waals surface area contributed by atoms with Crippen LogP contribution in [0.4, 0.5) is 0 Å². The zero-order chi connectivity index (χ0) is 18.4. The molecule has 2 aliphatic carbocycles. The minimum Gasteiger partial charge on any atom is -0.490 e. The Morgan fingerprint density at radius 1 is 0.808 bits per heavy atom. The number of benzene rings is 1. The summed E-state index contributed by atoms with van der Waals surface area (Å²) < 4.78 is 12.7. The lowest BCUT2D eigenvalue weighted by molar-refractivity contribution is 0.150. The summed E-state index contributed by atoms with van der Waals surface area (Å²) in [7, 11) is 0. The SMILES string of the molecule is CC(C)(C)/C=C/c1cc(OC2CCCCC2)ccc1OC1CCCCC1. The van der Waals surface area contributed by atoms with Gasteiger partial charge in [0.2, 0.25) is 0 Å². The summed E-state index contributed by atoms with van der Waals surface area (Å²) in [6.07, 6.45) is 17.9. The van der Waals surface area contributed by atoms with Crippen molar-refractivity contribution in [3.05, 3.63) is 29.8 Å². The molecule has 0 heterocycles. The molecule has 0 saturated heterocycles. The van der Waals surface area contributed by atoms with Crippen LogP contribution in [0.15, 0.2) is 24.3 Å². The molecule has 1 aromatic rings. The molecular formula is C24H36O2. The molecule has 2 heteroatoms. The zero-order valence-electron chi connectivity index (χ0n) is 16.9. The first-order chi connectivity index (χ1) is 12.5. The van der Waals surface area contributed by atoms with Gasteiger partial charge in [-0.2, -0.15) is 0 Å². The fourth-order valence-corrected chi connectivity index (χ4v) is 3.92. The molecule has 3 rings (SSSR count). The molecule has 0 spiro atoms. The summed E-state index contributed by atoms with van der Waals surface area (Å²) in [5.41, 5.74) is 1.31. The van der Waals surface area contributed by atoms with Gasteiger partial charge in [0.15, 0.2) is 0 Å². The first kappa shape index (κ1) is 19.3. The predicted octanol–water partition coefficient (Wildman–Crippen LogP) is 7.17.